The number of hydrogen-bond donors (Lipinski definition) is 0. The maximum absolute atomic E-state index is 14.2. The number of thiazole rings is 1. The van der Waals surface area contributed by atoms with Crippen molar-refractivity contribution in [3.8, 4) is 17.2 Å². The molecule has 0 fully saturated rings. The van der Waals surface area contributed by atoms with Gasteiger partial charge in [-0.2, -0.15) is 0 Å². The highest BCUT2D eigenvalue weighted by Gasteiger charge is 2.36. The molecule has 12 heteroatoms. The third kappa shape index (κ3) is 5.37. The number of carbonyl (C=O) groups is 1. The van der Waals surface area contributed by atoms with Crippen LogP contribution in [0.4, 0.5) is 5.69 Å². The van der Waals surface area contributed by atoms with Crippen molar-refractivity contribution in [2.45, 2.75) is 26.8 Å². The summed E-state index contributed by atoms with van der Waals surface area (Å²) in [4.78, 5) is 45.7. The van der Waals surface area contributed by atoms with Crippen molar-refractivity contribution in [2.24, 2.45) is 4.99 Å². The third-order valence-corrected chi connectivity index (χ3v) is 8.42. The van der Waals surface area contributed by atoms with Crippen LogP contribution in [0.3, 0.4) is 0 Å². The lowest BCUT2D eigenvalue weighted by Crippen LogP contribution is -2.43. The Kier molecular flexibility index (Phi) is 8.31. The van der Waals surface area contributed by atoms with Crippen molar-refractivity contribution in [2.75, 3.05) is 27.3 Å². The third-order valence-electron chi connectivity index (χ3n) is 7.43. The van der Waals surface area contributed by atoms with Gasteiger partial charge in [0.15, 0.2) is 4.80 Å². The van der Waals surface area contributed by atoms with E-state index in [1.54, 1.807) is 67.0 Å². The largest absolute Gasteiger partial charge is 0.497 e. The van der Waals surface area contributed by atoms with Gasteiger partial charge in [0, 0.05) is 48.4 Å². The molecule has 0 spiro atoms. The molecular formula is C31H31N5O6S. The van der Waals surface area contributed by atoms with E-state index >= 15 is 0 Å². The number of methoxy groups -OCH3 is 2. The minimum Gasteiger partial charge on any atom is -0.497 e. The highest BCUT2D eigenvalue weighted by atomic mass is 32.1. The number of nitrogens with zero attached hydrogens (tertiary/aromatic N) is 5. The number of non-ortho nitro benzene ring substituents is 1. The summed E-state index contributed by atoms with van der Waals surface area (Å²) in [6.07, 6.45) is 3.58. The molecule has 1 atom stereocenters. The van der Waals surface area contributed by atoms with Crippen LogP contribution in [-0.4, -0.2) is 52.2 Å². The van der Waals surface area contributed by atoms with Crippen molar-refractivity contribution in [1.82, 2.24) is 14.0 Å². The van der Waals surface area contributed by atoms with Gasteiger partial charge in [-0.1, -0.05) is 11.3 Å². The fraction of sp³-hybridized carbons (Fsp3) is 0.258. The Labute approximate surface area is 251 Å². The average molecular weight is 602 g/mol. The van der Waals surface area contributed by atoms with Crippen LogP contribution in [0.1, 0.15) is 38.1 Å². The van der Waals surface area contributed by atoms with E-state index in [2.05, 4.69) is 0 Å². The number of fused-ring (bicyclic) bond motifs is 1. The first-order valence-corrected chi connectivity index (χ1v) is 14.5. The van der Waals surface area contributed by atoms with Crippen LogP contribution in [0.25, 0.3) is 11.8 Å². The standard InChI is InChI=1S/C31H31N5O6S/c1-6-33(7-2)30(38)27-19(3)32-31-35(28(27)24-18-23(41-4)14-15-25(24)42-5)29(37)26(43-31)17-22-9-8-16-34(22)20-10-12-21(13-11-20)36(39)40/h8-18,28H,6-7H2,1-5H3/b26-17+/t28-/m1/s1. The number of nitro benzene ring substituents is 1. The lowest BCUT2D eigenvalue weighted by molar-refractivity contribution is -0.384. The molecule has 0 bridgehead atoms. The number of ether oxygens (including phenoxy) is 2. The molecule has 4 aromatic rings. The zero-order valence-electron chi connectivity index (χ0n) is 24.4. The number of likely N-dealkylation sites (N-methyl/N-ethyl adjacent to an activating group) is 1. The Morgan fingerprint density at radius 3 is 2.47 bits per heavy atom. The molecule has 0 aliphatic carbocycles. The summed E-state index contributed by atoms with van der Waals surface area (Å²) in [5.41, 5.74) is 2.60. The van der Waals surface area contributed by atoms with Crippen LogP contribution in [0, 0.1) is 10.1 Å². The highest BCUT2D eigenvalue weighted by Crippen LogP contribution is 2.38. The Bertz CT molecular complexity index is 1910. The molecule has 222 valence electrons. The normalized spacial score (nSPS) is 14.7. The number of hydrogen-bond acceptors (Lipinski definition) is 8. The van der Waals surface area contributed by atoms with Crippen LogP contribution >= 0.6 is 11.3 Å². The number of rotatable bonds is 9. The molecule has 0 unspecified atom stereocenters. The molecule has 2 aromatic heterocycles. The number of aromatic nitrogens is 2. The van der Waals surface area contributed by atoms with E-state index in [0.29, 0.717) is 62.1 Å². The minimum absolute atomic E-state index is 0.0100. The molecule has 3 heterocycles. The predicted octanol–water partition coefficient (Wildman–Crippen LogP) is 3.82. The van der Waals surface area contributed by atoms with Crippen molar-refractivity contribution < 1.29 is 19.2 Å². The maximum atomic E-state index is 14.2. The second-order valence-electron chi connectivity index (χ2n) is 9.74. The van der Waals surface area contributed by atoms with E-state index in [-0.39, 0.29) is 17.2 Å². The van der Waals surface area contributed by atoms with Gasteiger partial charge in [-0.25, -0.2) is 4.99 Å². The maximum Gasteiger partial charge on any atom is 0.271 e. The zero-order valence-corrected chi connectivity index (χ0v) is 25.3. The van der Waals surface area contributed by atoms with Crippen LogP contribution in [0.2, 0.25) is 0 Å². The molecule has 11 nitrogen and oxygen atoms in total. The summed E-state index contributed by atoms with van der Waals surface area (Å²) in [7, 11) is 3.10. The number of carbonyl (C=O) groups excluding carboxylic acids is 1. The molecule has 1 amide bonds. The second kappa shape index (κ2) is 12.1. The molecule has 0 N–H and O–H groups in total. The average Bonchev–Trinajstić information content (AvgIpc) is 3.60. The summed E-state index contributed by atoms with van der Waals surface area (Å²) in [6, 6.07) is 14.4. The first-order chi connectivity index (χ1) is 20.7. The van der Waals surface area contributed by atoms with Gasteiger partial charge in [0.25, 0.3) is 17.2 Å². The van der Waals surface area contributed by atoms with Crippen molar-refractivity contribution in [1.29, 1.82) is 0 Å². The molecular weight excluding hydrogens is 570 g/mol. The van der Waals surface area contributed by atoms with E-state index in [1.807, 2.05) is 36.7 Å². The monoisotopic (exact) mass is 601 g/mol. The van der Waals surface area contributed by atoms with Crippen LogP contribution in [-0.2, 0) is 4.79 Å². The lowest BCUT2D eigenvalue weighted by atomic mass is 9.93. The van der Waals surface area contributed by atoms with E-state index in [1.165, 1.54) is 23.5 Å². The summed E-state index contributed by atoms with van der Waals surface area (Å²) in [5.74, 6) is 0.859. The van der Waals surface area contributed by atoms with Gasteiger partial charge in [-0.15, -0.1) is 0 Å². The van der Waals surface area contributed by atoms with Gasteiger partial charge in [-0.3, -0.25) is 24.3 Å². The van der Waals surface area contributed by atoms with Crippen molar-refractivity contribution >= 4 is 29.0 Å². The van der Waals surface area contributed by atoms with Gasteiger partial charge >= 0.3 is 0 Å². The van der Waals surface area contributed by atoms with E-state index in [0.717, 1.165) is 0 Å². The SMILES string of the molecule is CCN(CC)C(=O)C1=C(C)N=c2s/c(=C/c3cccn3-c3ccc([N+](=O)[O-])cc3)c(=O)n2[C@@H]1c1cc(OC)ccc1OC. The number of amides is 1. The highest BCUT2D eigenvalue weighted by molar-refractivity contribution is 7.07. The predicted molar refractivity (Wildman–Crippen MR) is 164 cm³/mol. The topological polar surface area (TPSA) is 121 Å². The van der Waals surface area contributed by atoms with Gasteiger partial charge < -0.3 is 18.9 Å². The Hall–Kier alpha value is -4.97. The van der Waals surface area contributed by atoms with Gasteiger partial charge in [0.2, 0.25) is 0 Å². The summed E-state index contributed by atoms with van der Waals surface area (Å²) in [5, 5.41) is 11.1. The van der Waals surface area contributed by atoms with Crippen molar-refractivity contribution in [3.63, 3.8) is 0 Å². The molecule has 1 aliphatic rings. The Morgan fingerprint density at radius 2 is 1.84 bits per heavy atom. The Balaban J connectivity index is 1.72. The molecule has 0 saturated carbocycles. The van der Waals surface area contributed by atoms with Crippen LogP contribution < -0.4 is 24.4 Å². The molecule has 5 rings (SSSR count). The van der Waals surface area contributed by atoms with Crippen LogP contribution in [0.15, 0.2) is 81.9 Å². The van der Waals surface area contributed by atoms with Gasteiger partial charge in [0.1, 0.15) is 17.5 Å². The fourth-order valence-corrected chi connectivity index (χ4v) is 6.27. The fourth-order valence-electron chi connectivity index (χ4n) is 5.24. The summed E-state index contributed by atoms with van der Waals surface area (Å²) in [6.45, 7) is 6.60. The molecule has 0 radical (unpaired) electrons. The van der Waals surface area contributed by atoms with Gasteiger partial charge in [0.05, 0.1) is 34.9 Å². The second-order valence-corrected chi connectivity index (χ2v) is 10.8. The molecule has 0 saturated heterocycles. The van der Waals surface area contributed by atoms with Gasteiger partial charge in [-0.05, 0) is 69.3 Å². The van der Waals surface area contributed by atoms with E-state index < -0.39 is 11.0 Å². The van der Waals surface area contributed by atoms with E-state index in [4.69, 9.17) is 14.5 Å². The molecule has 43 heavy (non-hydrogen) atoms. The first-order valence-electron chi connectivity index (χ1n) is 13.7. The number of nitro groups is 1. The zero-order chi connectivity index (χ0) is 30.8. The van der Waals surface area contributed by atoms with Crippen LogP contribution in [0.5, 0.6) is 11.5 Å². The first kappa shape index (κ1) is 29.5. The summed E-state index contributed by atoms with van der Waals surface area (Å²) >= 11 is 1.22. The summed E-state index contributed by atoms with van der Waals surface area (Å²) < 4.78 is 15.0. The number of allylic oxidation sites excluding steroid dienone is 1. The van der Waals surface area contributed by atoms with Crippen molar-refractivity contribution in [3.05, 3.63) is 113 Å². The smallest absolute Gasteiger partial charge is 0.271 e. The Morgan fingerprint density at radius 1 is 1.12 bits per heavy atom. The lowest BCUT2D eigenvalue weighted by Gasteiger charge is -2.30. The quantitative estimate of drug-likeness (QED) is 0.213. The van der Waals surface area contributed by atoms with E-state index in [9.17, 15) is 19.7 Å². The molecule has 1 aliphatic heterocycles. The molecule has 2 aromatic carbocycles. The minimum atomic E-state index is -0.807. The number of benzene rings is 2.